The third-order valence-electron chi connectivity index (χ3n) is 3.33. The third kappa shape index (κ3) is 3.91. The Morgan fingerprint density at radius 1 is 1.55 bits per heavy atom. The maximum atomic E-state index is 12.2. The number of hydrogen-bond donors (Lipinski definition) is 2. The second kappa shape index (κ2) is 6.67. The fourth-order valence-corrected chi connectivity index (χ4v) is 2.29. The second-order valence-corrected chi connectivity index (χ2v) is 5.20. The van der Waals surface area contributed by atoms with Crippen molar-refractivity contribution in [2.45, 2.75) is 19.9 Å². The van der Waals surface area contributed by atoms with Gasteiger partial charge >= 0.3 is 0 Å². The number of aryl methyl sites for hydroxylation is 1. The van der Waals surface area contributed by atoms with Crippen molar-refractivity contribution >= 4 is 11.6 Å². The van der Waals surface area contributed by atoms with Crippen LogP contribution in [0, 0.1) is 6.92 Å². The van der Waals surface area contributed by atoms with E-state index in [0.29, 0.717) is 11.3 Å². The number of nitrogens with zero attached hydrogens (tertiary/aromatic N) is 2. The summed E-state index contributed by atoms with van der Waals surface area (Å²) in [6.07, 6.45) is 1.53. The lowest BCUT2D eigenvalue weighted by Crippen LogP contribution is -2.46. The van der Waals surface area contributed by atoms with Crippen LogP contribution >= 0.6 is 0 Å². The van der Waals surface area contributed by atoms with E-state index in [1.54, 1.807) is 6.07 Å². The van der Waals surface area contributed by atoms with Gasteiger partial charge < -0.3 is 15.8 Å². The molecule has 6 heteroatoms. The van der Waals surface area contributed by atoms with Gasteiger partial charge in [-0.3, -0.25) is 14.7 Å². The maximum absolute atomic E-state index is 12.2. The number of pyridine rings is 1. The zero-order chi connectivity index (χ0) is 14.5. The first kappa shape index (κ1) is 14.7. The number of ether oxygens (including phenoxy) is 1. The number of hydrogen-bond acceptors (Lipinski definition) is 5. The van der Waals surface area contributed by atoms with E-state index in [1.807, 2.05) is 13.8 Å². The van der Waals surface area contributed by atoms with Gasteiger partial charge in [-0.2, -0.15) is 0 Å². The topological polar surface area (TPSA) is 80.5 Å². The summed E-state index contributed by atoms with van der Waals surface area (Å²) in [6, 6.07) is 1.77. The van der Waals surface area contributed by atoms with Crippen LogP contribution in [0.4, 0.5) is 5.69 Å². The Hall–Kier alpha value is -1.66. The highest BCUT2D eigenvalue weighted by molar-refractivity contribution is 5.98. The highest BCUT2D eigenvalue weighted by Crippen LogP contribution is 2.11. The minimum atomic E-state index is -0.171. The van der Waals surface area contributed by atoms with Crippen LogP contribution in [0.5, 0.6) is 0 Å². The third-order valence-corrected chi connectivity index (χ3v) is 3.33. The molecule has 110 valence electrons. The first-order valence-corrected chi connectivity index (χ1v) is 6.89. The van der Waals surface area contributed by atoms with Gasteiger partial charge in [0.2, 0.25) is 0 Å². The molecule has 0 aromatic carbocycles. The zero-order valence-electron chi connectivity index (χ0n) is 12.1. The Bertz CT molecular complexity index is 472. The highest BCUT2D eigenvalue weighted by atomic mass is 16.5. The number of nitrogens with two attached hydrogens (primary N) is 1. The summed E-state index contributed by atoms with van der Waals surface area (Å²) >= 11 is 0. The van der Waals surface area contributed by atoms with Crippen molar-refractivity contribution < 1.29 is 9.53 Å². The molecule has 1 aromatic heterocycles. The summed E-state index contributed by atoms with van der Waals surface area (Å²) in [7, 11) is 0. The van der Waals surface area contributed by atoms with Crippen molar-refractivity contribution in [3.05, 3.63) is 23.5 Å². The predicted molar refractivity (Wildman–Crippen MR) is 77.6 cm³/mol. The van der Waals surface area contributed by atoms with E-state index in [9.17, 15) is 4.79 Å². The van der Waals surface area contributed by atoms with Gasteiger partial charge in [0.25, 0.3) is 5.91 Å². The van der Waals surface area contributed by atoms with Gasteiger partial charge in [-0.05, 0) is 19.9 Å². The Morgan fingerprint density at radius 2 is 2.25 bits per heavy atom. The van der Waals surface area contributed by atoms with E-state index in [-0.39, 0.29) is 11.9 Å². The first-order valence-electron chi connectivity index (χ1n) is 6.89. The molecule has 1 saturated heterocycles. The number of amides is 1. The zero-order valence-corrected chi connectivity index (χ0v) is 12.1. The molecule has 0 aliphatic carbocycles. The molecular weight excluding hydrogens is 256 g/mol. The SMILES string of the molecule is Cc1cc(N)c(C(=O)NC(C)CN2CCOCC2)cn1. The average molecular weight is 278 g/mol. The maximum Gasteiger partial charge on any atom is 0.255 e. The molecule has 0 spiro atoms. The molecule has 1 aliphatic rings. The van der Waals surface area contributed by atoms with E-state index >= 15 is 0 Å². The molecule has 20 heavy (non-hydrogen) atoms. The van der Waals surface area contributed by atoms with Gasteiger partial charge in [-0.15, -0.1) is 0 Å². The summed E-state index contributed by atoms with van der Waals surface area (Å²) in [5.41, 5.74) is 7.56. The van der Waals surface area contributed by atoms with Crippen LogP contribution in [-0.2, 0) is 4.74 Å². The highest BCUT2D eigenvalue weighted by Gasteiger charge is 2.17. The number of carbonyl (C=O) groups is 1. The predicted octanol–water partition coefficient (Wildman–Crippen LogP) is 0.423. The van der Waals surface area contributed by atoms with Gasteiger partial charge in [0.15, 0.2) is 0 Å². The van der Waals surface area contributed by atoms with Crippen molar-refractivity contribution in [2.24, 2.45) is 0 Å². The molecule has 1 atom stereocenters. The molecule has 0 radical (unpaired) electrons. The number of anilines is 1. The molecule has 2 rings (SSSR count). The molecule has 1 aromatic rings. The van der Waals surface area contributed by atoms with E-state index < -0.39 is 0 Å². The minimum Gasteiger partial charge on any atom is -0.398 e. The number of nitrogens with one attached hydrogen (secondary N) is 1. The number of aromatic nitrogens is 1. The lowest BCUT2D eigenvalue weighted by atomic mass is 10.2. The monoisotopic (exact) mass is 278 g/mol. The Kier molecular flexibility index (Phi) is 4.92. The van der Waals surface area contributed by atoms with Crippen molar-refractivity contribution in [1.82, 2.24) is 15.2 Å². The number of rotatable bonds is 4. The number of nitrogen functional groups attached to an aromatic ring is 1. The second-order valence-electron chi connectivity index (χ2n) is 5.20. The van der Waals surface area contributed by atoms with E-state index in [0.717, 1.165) is 38.5 Å². The number of morpholine rings is 1. The molecule has 1 fully saturated rings. The van der Waals surface area contributed by atoms with Crippen molar-refractivity contribution in [1.29, 1.82) is 0 Å². The molecule has 6 nitrogen and oxygen atoms in total. The summed E-state index contributed by atoms with van der Waals surface area (Å²) in [4.78, 5) is 18.6. The number of carbonyl (C=O) groups excluding carboxylic acids is 1. The van der Waals surface area contributed by atoms with Gasteiger partial charge in [-0.25, -0.2) is 0 Å². The summed E-state index contributed by atoms with van der Waals surface area (Å²) in [5.74, 6) is -0.171. The molecular formula is C14H22N4O2. The molecule has 2 heterocycles. The van der Waals surface area contributed by atoms with Crippen LogP contribution in [0.15, 0.2) is 12.3 Å². The molecule has 3 N–H and O–H groups in total. The summed E-state index contributed by atoms with van der Waals surface area (Å²) in [6.45, 7) is 7.99. The molecule has 1 unspecified atom stereocenters. The van der Waals surface area contributed by atoms with Gasteiger partial charge in [0.05, 0.1) is 18.8 Å². The van der Waals surface area contributed by atoms with Gasteiger partial charge in [0, 0.05) is 43.3 Å². The van der Waals surface area contributed by atoms with Crippen molar-refractivity contribution in [3.63, 3.8) is 0 Å². The van der Waals surface area contributed by atoms with E-state index in [4.69, 9.17) is 10.5 Å². The Balaban J connectivity index is 1.89. The van der Waals surface area contributed by atoms with Crippen LogP contribution in [0.3, 0.4) is 0 Å². The summed E-state index contributed by atoms with van der Waals surface area (Å²) < 4.78 is 5.30. The summed E-state index contributed by atoms with van der Waals surface area (Å²) in [5, 5.41) is 2.96. The van der Waals surface area contributed by atoms with E-state index in [1.165, 1.54) is 6.20 Å². The normalized spacial score (nSPS) is 17.7. The molecule has 0 saturated carbocycles. The van der Waals surface area contributed by atoms with Crippen LogP contribution < -0.4 is 11.1 Å². The van der Waals surface area contributed by atoms with Crippen LogP contribution in [-0.4, -0.2) is 54.7 Å². The van der Waals surface area contributed by atoms with Crippen molar-refractivity contribution in [2.75, 3.05) is 38.6 Å². The average Bonchev–Trinajstić information content (AvgIpc) is 2.39. The van der Waals surface area contributed by atoms with Crippen molar-refractivity contribution in [3.8, 4) is 0 Å². The molecule has 1 aliphatic heterocycles. The van der Waals surface area contributed by atoms with Gasteiger partial charge in [-0.1, -0.05) is 0 Å². The Morgan fingerprint density at radius 3 is 2.90 bits per heavy atom. The largest absolute Gasteiger partial charge is 0.398 e. The Labute approximate surface area is 119 Å². The van der Waals surface area contributed by atoms with Crippen LogP contribution in [0.2, 0.25) is 0 Å². The van der Waals surface area contributed by atoms with E-state index in [2.05, 4.69) is 15.2 Å². The lowest BCUT2D eigenvalue weighted by Gasteiger charge is -2.29. The quantitative estimate of drug-likeness (QED) is 0.834. The first-order chi connectivity index (χ1) is 9.56. The molecule has 0 bridgehead atoms. The standard InChI is InChI=1S/C14H22N4O2/c1-10-7-13(15)12(8-16-10)14(19)17-11(2)9-18-3-5-20-6-4-18/h7-8,11H,3-6,9H2,1-2H3,(H2,15,16)(H,17,19). The fraction of sp³-hybridized carbons (Fsp3) is 0.571. The lowest BCUT2D eigenvalue weighted by molar-refractivity contribution is 0.0342. The van der Waals surface area contributed by atoms with Gasteiger partial charge in [0.1, 0.15) is 0 Å². The minimum absolute atomic E-state index is 0.0568. The molecule has 1 amide bonds. The fourth-order valence-electron chi connectivity index (χ4n) is 2.29. The van der Waals surface area contributed by atoms with Crippen LogP contribution in [0.1, 0.15) is 23.0 Å². The smallest absolute Gasteiger partial charge is 0.255 e. The van der Waals surface area contributed by atoms with Crippen LogP contribution in [0.25, 0.3) is 0 Å².